The molecule has 1 aliphatic rings. The molecule has 0 bridgehead atoms. The molecule has 2 aromatic rings. The van der Waals surface area contributed by atoms with Crippen LogP contribution in [0.3, 0.4) is 0 Å². The zero-order chi connectivity index (χ0) is 24.1. The molecule has 174 valence electrons. The number of nitrogens with one attached hydrogen (secondary N) is 1. The van der Waals surface area contributed by atoms with Gasteiger partial charge < -0.3 is 29.2 Å². The lowest BCUT2D eigenvalue weighted by atomic mass is 10.1. The molecular formula is C23H24N2O8. The van der Waals surface area contributed by atoms with Crippen LogP contribution in [0.1, 0.15) is 27.1 Å². The van der Waals surface area contributed by atoms with E-state index in [4.69, 9.17) is 18.9 Å². The number of hydrogen-bond acceptors (Lipinski definition) is 8. The maximum Gasteiger partial charge on any atom is 0.339 e. The van der Waals surface area contributed by atoms with Gasteiger partial charge in [0.15, 0.2) is 0 Å². The summed E-state index contributed by atoms with van der Waals surface area (Å²) in [5.41, 5.74) is 0.777. The highest BCUT2D eigenvalue weighted by molar-refractivity contribution is 6.07. The first-order chi connectivity index (χ1) is 15.8. The van der Waals surface area contributed by atoms with Gasteiger partial charge in [0.05, 0.1) is 56.9 Å². The highest BCUT2D eigenvalue weighted by atomic mass is 16.5. The minimum atomic E-state index is -0.708. The van der Waals surface area contributed by atoms with Crippen molar-refractivity contribution in [3.63, 3.8) is 0 Å². The molecule has 1 unspecified atom stereocenters. The minimum Gasteiger partial charge on any atom is -0.497 e. The Hall–Kier alpha value is -4.08. The van der Waals surface area contributed by atoms with E-state index in [1.165, 1.54) is 51.5 Å². The Balaban J connectivity index is 1.85. The van der Waals surface area contributed by atoms with E-state index in [9.17, 15) is 19.2 Å². The lowest BCUT2D eigenvalue weighted by Crippen LogP contribution is -2.29. The van der Waals surface area contributed by atoms with Gasteiger partial charge in [0, 0.05) is 19.0 Å². The Morgan fingerprint density at radius 3 is 2.30 bits per heavy atom. The first-order valence-corrected chi connectivity index (χ1v) is 9.96. The summed E-state index contributed by atoms with van der Waals surface area (Å²) in [6.07, 6.45) is -0.0452. The molecule has 10 nitrogen and oxygen atoms in total. The molecule has 0 radical (unpaired) electrons. The molecule has 1 fully saturated rings. The molecule has 1 N–H and O–H groups in total. The van der Waals surface area contributed by atoms with E-state index in [2.05, 4.69) is 5.32 Å². The van der Waals surface area contributed by atoms with Crippen molar-refractivity contribution >= 4 is 35.1 Å². The third-order valence-corrected chi connectivity index (χ3v) is 5.28. The van der Waals surface area contributed by atoms with Crippen LogP contribution in [0.25, 0.3) is 0 Å². The van der Waals surface area contributed by atoms with Gasteiger partial charge in [-0.3, -0.25) is 9.59 Å². The molecule has 1 heterocycles. The summed E-state index contributed by atoms with van der Waals surface area (Å²) < 4.78 is 20.0. The first kappa shape index (κ1) is 23.6. The van der Waals surface area contributed by atoms with Crippen LogP contribution < -0.4 is 19.7 Å². The van der Waals surface area contributed by atoms with Crippen molar-refractivity contribution in [3.8, 4) is 11.5 Å². The second kappa shape index (κ2) is 10.0. The van der Waals surface area contributed by atoms with Crippen molar-refractivity contribution in [1.29, 1.82) is 0 Å². The second-order valence-corrected chi connectivity index (χ2v) is 7.18. The zero-order valence-corrected chi connectivity index (χ0v) is 18.7. The molecule has 1 atom stereocenters. The van der Waals surface area contributed by atoms with E-state index in [1.54, 1.807) is 18.2 Å². The number of carbonyl (C=O) groups excluding carboxylic acids is 4. The van der Waals surface area contributed by atoms with Crippen molar-refractivity contribution in [1.82, 2.24) is 0 Å². The van der Waals surface area contributed by atoms with E-state index >= 15 is 0 Å². The lowest BCUT2D eigenvalue weighted by molar-refractivity contribution is -0.122. The maximum atomic E-state index is 13.0. The molecule has 2 aromatic carbocycles. The Morgan fingerprint density at radius 2 is 1.67 bits per heavy atom. The van der Waals surface area contributed by atoms with Gasteiger partial charge in [-0.1, -0.05) is 0 Å². The van der Waals surface area contributed by atoms with Crippen LogP contribution in [0, 0.1) is 5.92 Å². The van der Waals surface area contributed by atoms with Crippen LogP contribution >= 0.6 is 0 Å². The van der Waals surface area contributed by atoms with E-state index in [-0.39, 0.29) is 35.7 Å². The summed E-state index contributed by atoms with van der Waals surface area (Å²) in [6.45, 7) is 0.0957. The molecule has 1 aliphatic heterocycles. The number of anilines is 2. The van der Waals surface area contributed by atoms with E-state index in [0.717, 1.165) is 0 Å². The van der Waals surface area contributed by atoms with Crippen molar-refractivity contribution in [2.45, 2.75) is 6.42 Å². The van der Waals surface area contributed by atoms with Crippen molar-refractivity contribution in [2.24, 2.45) is 5.92 Å². The number of amides is 2. The number of methoxy groups -OCH3 is 4. The second-order valence-electron chi connectivity index (χ2n) is 7.18. The van der Waals surface area contributed by atoms with Crippen LogP contribution in [0.5, 0.6) is 11.5 Å². The molecule has 0 aliphatic carbocycles. The summed E-state index contributed by atoms with van der Waals surface area (Å²) in [7, 11) is 5.42. The molecular weight excluding hydrogens is 432 g/mol. The number of ether oxygens (including phenoxy) is 4. The Kier molecular flexibility index (Phi) is 7.17. The normalized spacial score (nSPS) is 15.1. The predicted molar refractivity (Wildman–Crippen MR) is 118 cm³/mol. The van der Waals surface area contributed by atoms with Crippen LogP contribution in [0.2, 0.25) is 0 Å². The van der Waals surface area contributed by atoms with Crippen molar-refractivity contribution in [2.75, 3.05) is 45.2 Å². The number of esters is 2. The smallest absolute Gasteiger partial charge is 0.339 e. The quantitative estimate of drug-likeness (QED) is 0.630. The Morgan fingerprint density at radius 1 is 0.939 bits per heavy atom. The molecule has 2 amide bonds. The fourth-order valence-electron chi connectivity index (χ4n) is 3.54. The summed E-state index contributed by atoms with van der Waals surface area (Å²) >= 11 is 0. The van der Waals surface area contributed by atoms with E-state index in [1.807, 2.05) is 0 Å². The summed E-state index contributed by atoms with van der Waals surface area (Å²) in [5.74, 6) is -1.78. The van der Waals surface area contributed by atoms with Gasteiger partial charge in [0.1, 0.15) is 11.5 Å². The Bertz CT molecular complexity index is 1100. The van der Waals surface area contributed by atoms with Crippen LogP contribution in [-0.2, 0) is 19.1 Å². The molecule has 10 heteroatoms. The average Bonchev–Trinajstić information content (AvgIpc) is 3.23. The summed E-state index contributed by atoms with van der Waals surface area (Å²) in [5, 5.41) is 2.65. The van der Waals surface area contributed by atoms with Crippen molar-refractivity contribution in [3.05, 3.63) is 47.5 Å². The van der Waals surface area contributed by atoms with Crippen molar-refractivity contribution < 1.29 is 38.1 Å². The number of rotatable bonds is 7. The van der Waals surface area contributed by atoms with Gasteiger partial charge in [-0.25, -0.2) is 9.59 Å². The fourth-order valence-corrected chi connectivity index (χ4v) is 3.54. The molecule has 0 spiro atoms. The average molecular weight is 456 g/mol. The van der Waals surface area contributed by atoms with Gasteiger partial charge in [0.2, 0.25) is 11.8 Å². The summed E-state index contributed by atoms with van der Waals surface area (Å²) in [4.78, 5) is 51.2. The SMILES string of the molecule is COC(=O)c1ccc(C(=O)OC)c(NC(=O)C2CC(=O)N(c3cc(OC)ccc3OC)C2)c1. The molecule has 33 heavy (non-hydrogen) atoms. The topological polar surface area (TPSA) is 120 Å². The van der Waals surface area contributed by atoms with Gasteiger partial charge in [-0.2, -0.15) is 0 Å². The first-order valence-electron chi connectivity index (χ1n) is 9.96. The fraction of sp³-hybridized carbons (Fsp3) is 0.304. The summed E-state index contributed by atoms with van der Waals surface area (Å²) in [6, 6.07) is 9.12. The van der Waals surface area contributed by atoms with Crippen LogP contribution in [-0.4, -0.2) is 58.7 Å². The predicted octanol–water partition coefficient (Wildman–Crippen LogP) is 2.27. The highest BCUT2D eigenvalue weighted by Crippen LogP contribution is 2.36. The van der Waals surface area contributed by atoms with E-state index < -0.39 is 23.8 Å². The monoisotopic (exact) mass is 456 g/mol. The molecule has 0 aromatic heterocycles. The number of carbonyl (C=O) groups is 4. The zero-order valence-electron chi connectivity index (χ0n) is 18.7. The Labute approximate surface area is 190 Å². The lowest BCUT2D eigenvalue weighted by Gasteiger charge is -2.20. The molecule has 3 rings (SSSR count). The largest absolute Gasteiger partial charge is 0.497 e. The molecule has 1 saturated heterocycles. The van der Waals surface area contributed by atoms with Gasteiger partial charge in [0.25, 0.3) is 0 Å². The molecule has 0 saturated carbocycles. The maximum absolute atomic E-state index is 13.0. The van der Waals surface area contributed by atoms with E-state index in [0.29, 0.717) is 17.2 Å². The minimum absolute atomic E-state index is 0.0452. The third kappa shape index (κ3) is 4.89. The third-order valence-electron chi connectivity index (χ3n) is 5.28. The van der Waals surface area contributed by atoms with Crippen LogP contribution in [0.15, 0.2) is 36.4 Å². The highest BCUT2D eigenvalue weighted by Gasteiger charge is 2.37. The van der Waals surface area contributed by atoms with Gasteiger partial charge >= 0.3 is 11.9 Å². The van der Waals surface area contributed by atoms with Gasteiger partial charge in [-0.05, 0) is 30.3 Å². The number of hydrogen-bond donors (Lipinski definition) is 1. The van der Waals surface area contributed by atoms with Crippen LogP contribution in [0.4, 0.5) is 11.4 Å². The van der Waals surface area contributed by atoms with Gasteiger partial charge in [-0.15, -0.1) is 0 Å². The standard InChI is InChI=1S/C23H24N2O8/c1-30-15-6-8-19(31-2)18(11-15)25-12-14(10-20(25)26)21(27)24-17-9-13(22(28)32-3)5-7-16(17)23(29)33-4/h5-9,11,14H,10,12H2,1-4H3,(H,24,27). The number of nitrogens with zero attached hydrogens (tertiary/aromatic N) is 1. The number of benzene rings is 2.